The topological polar surface area (TPSA) is 0 Å². The summed E-state index contributed by atoms with van der Waals surface area (Å²) in [6.07, 6.45) is 19.0. The number of hydrogen-bond acceptors (Lipinski definition) is 0. The molecule has 0 saturated heterocycles. The molecule has 0 amide bonds. The van der Waals surface area contributed by atoms with Gasteiger partial charge >= 0.3 is 0 Å². The summed E-state index contributed by atoms with van der Waals surface area (Å²) in [5.74, 6) is 0.999. The van der Waals surface area contributed by atoms with Crippen molar-refractivity contribution in [3.8, 4) is 0 Å². The highest BCUT2D eigenvalue weighted by atomic mass is 14.1. The molecule has 0 nitrogen and oxygen atoms in total. The zero-order chi connectivity index (χ0) is 14.8. The summed E-state index contributed by atoms with van der Waals surface area (Å²) in [5.41, 5.74) is 0. The van der Waals surface area contributed by atoms with E-state index in [2.05, 4.69) is 20.8 Å². The van der Waals surface area contributed by atoms with Gasteiger partial charge in [0, 0.05) is 0 Å². The fourth-order valence-corrected chi connectivity index (χ4v) is 2.37. The van der Waals surface area contributed by atoms with Gasteiger partial charge < -0.3 is 0 Å². The van der Waals surface area contributed by atoms with Crippen molar-refractivity contribution < 1.29 is 0 Å². The highest BCUT2D eigenvalue weighted by molar-refractivity contribution is 4.57. The second-order valence-electron chi connectivity index (χ2n) is 5.86. The van der Waals surface area contributed by atoms with Crippen molar-refractivity contribution in [2.24, 2.45) is 5.92 Å². The molecule has 0 heterocycles. The van der Waals surface area contributed by atoms with E-state index >= 15 is 0 Å². The molecule has 1 aliphatic rings. The van der Waals surface area contributed by atoms with Crippen molar-refractivity contribution in [2.75, 3.05) is 0 Å². The molecule has 0 heteroatoms. The summed E-state index contributed by atoms with van der Waals surface area (Å²) in [6.45, 7) is 10.8. The molecule has 0 bridgehead atoms. The zero-order valence-corrected chi connectivity index (χ0v) is 14.8. The van der Waals surface area contributed by atoms with Gasteiger partial charge in [-0.15, -0.1) is 0 Å². The van der Waals surface area contributed by atoms with E-state index in [0.717, 1.165) is 5.92 Å². The smallest absolute Gasteiger partial charge is 0.0443 e. The molecular weight excluding hydrogens is 228 g/mol. The minimum absolute atomic E-state index is 0.999. The highest BCUT2D eigenvalue weighted by Gasteiger charge is 2.03. The second-order valence-corrected chi connectivity index (χ2v) is 5.86. The molecule has 0 radical (unpaired) electrons. The van der Waals surface area contributed by atoms with Gasteiger partial charge in [0.2, 0.25) is 0 Å². The van der Waals surface area contributed by atoms with Gasteiger partial charge in [-0.05, 0) is 5.92 Å². The van der Waals surface area contributed by atoms with Crippen LogP contribution in [0.25, 0.3) is 0 Å². The molecule has 0 atom stereocenters. The Balaban J connectivity index is 0. The van der Waals surface area contributed by atoms with Crippen LogP contribution in [0.15, 0.2) is 0 Å². The SMILES string of the molecule is CC.CC1CCCCCCCCCCC1.CCCC. The summed E-state index contributed by atoms with van der Waals surface area (Å²) in [5, 5.41) is 0. The van der Waals surface area contributed by atoms with E-state index in [0.29, 0.717) is 0 Å². The Bertz CT molecular complexity index is 114. The van der Waals surface area contributed by atoms with Gasteiger partial charge in [-0.25, -0.2) is 0 Å². The third-order valence-electron chi connectivity index (χ3n) is 3.89. The quantitative estimate of drug-likeness (QED) is 0.456. The molecule has 1 aliphatic carbocycles. The van der Waals surface area contributed by atoms with Crippen molar-refractivity contribution in [1.82, 2.24) is 0 Å². The van der Waals surface area contributed by atoms with Gasteiger partial charge in [-0.2, -0.15) is 0 Å². The minimum atomic E-state index is 0.999. The molecule has 0 aromatic rings. The third-order valence-corrected chi connectivity index (χ3v) is 3.89. The lowest BCUT2D eigenvalue weighted by Crippen LogP contribution is -1.96. The predicted octanol–water partition coefficient (Wildman–Crippen LogP) is 7.76. The fraction of sp³-hybridized carbons (Fsp3) is 1.00. The lowest BCUT2D eigenvalue weighted by Gasteiger charge is -2.12. The number of unbranched alkanes of at least 4 members (excludes halogenated alkanes) is 1. The van der Waals surface area contributed by atoms with Crippen LogP contribution in [-0.4, -0.2) is 0 Å². The van der Waals surface area contributed by atoms with E-state index in [1.165, 1.54) is 83.5 Å². The first kappa shape index (κ1) is 21.3. The van der Waals surface area contributed by atoms with Crippen LogP contribution in [0.1, 0.15) is 118 Å². The van der Waals surface area contributed by atoms with Crippen LogP contribution in [0.3, 0.4) is 0 Å². The Morgan fingerprint density at radius 1 is 0.579 bits per heavy atom. The van der Waals surface area contributed by atoms with E-state index < -0.39 is 0 Å². The Hall–Kier alpha value is 0. The summed E-state index contributed by atoms with van der Waals surface area (Å²) in [4.78, 5) is 0. The van der Waals surface area contributed by atoms with E-state index in [1.54, 1.807) is 0 Å². The van der Waals surface area contributed by atoms with Gasteiger partial charge in [0.25, 0.3) is 0 Å². The van der Waals surface area contributed by atoms with Crippen molar-refractivity contribution in [2.45, 2.75) is 118 Å². The average Bonchev–Trinajstić information content (AvgIpc) is 2.45. The Kier molecular flexibility index (Phi) is 22.8. The van der Waals surface area contributed by atoms with E-state index in [4.69, 9.17) is 0 Å². The Morgan fingerprint density at radius 2 is 0.842 bits per heavy atom. The van der Waals surface area contributed by atoms with Gasteiger partial charge in [0.05, 0.1) is 0 Å². The fourth-order valence-electron chi connectivity index (χ4n) is 2.37. The van der Waals surface area contributed by atoms with E-state index in [-0.39, 0.29) is 0 Å². The van der Waals surface area contributed by atoms with Crippen molar-refractivity contribution in [3.05, 3.63) is 0 Å². The molecule has 0 spiro atoms. The lowest BCUT2D eigenvalue weighted by atomic mass is 9.94. The molecule has 1 rings (SSSR count). The predicted molar refractivity (Wildman–Crippen MR) is 91.9 cm³/mol. The van der Waals surface area contributed by atoms with Gasteiger partial charge in [-0.3, -0.25) is 0 Å². The zero-order valence-electron chi connectivity index (χ0n) is 14.8. The number of rotatable bonds is 1. The summed E-state index contributed by atoms with van der Waals surface area (Å²) in [7, 11) is 0. The highest BCUT2D eigenvalue weighted by Crippen LogP contribution is 2.20. The van der Waals surface area contributed by atoms with Gasteiger partial charge in [0.15, 0.2) is 0 Å². The van der Waals surface area contributed by atoms with Gasteiger partial charge in [-0.1, -0.05) is 118 Å². The van der Waals surface area contributed by atoms with E-state index in [1.807, 2.05) is 13.8 Å². The summed E-state index contributed by atoms with van der Waals surface area (Å²) >= 11 is 0. The first-order valence-corrected chi connectivity index (χ1v) is 9.31. The standard InChI is InChI=1S/C13H26.C4H10.C2H6/c1-13-11-9-7-5-3-2-4-6-8-10-12-13;1-3-4-2;1-2/h13H,2-12H2,1H3;3-4H2,1-2H3;1-2H3. The lowest BCUT2D eigenvalue weighted by molar-refractivity contribution is 0.420. The molecule has 0 aromatic heterocycles. The molecule has 1 fully saturated rings. The molecule has 0 aromatic carbocycles. The van der Waals surface area contributed by atoms with Crippen LogP contribution >= 0.6 is 0 Å². The van der Waals surface area contributed by atoms with Crippen molar-refractivity contribution in [1.29, 1.82) is 0 Å². The summed E-state index contributed by atoms with van der Waals surface area (Å²) in [6, 6.07) is 0. The Labute approximate surface area is 124 Å². The van der Waals surface area contributed by atoms with Crippen molar-refractivity contribution in [3.63, 3.8) is 0 Å². The average molecular weight is 271 g/mol. The summed E-state index contributed by atoms with van der Waals surface area (Å²) < 4.78 is 0. The maximum Gasteiger partial charge on any atom is -0.0443 e. The minimum Gasteiger partial charge on any atom is -0.0683 e. The first-order chi connectivity index (χ1) is 9.31. The van der Waals surface area contributed by atoms with Gasteiger partial charge in [0.1, 0.15) is 0 Å². The molecule has 118 valence electrons. The molecule has 19 heavy (non-hydrogen) atoms. The second kappa shape index (κ2) is 20.3. The molecule has 0 unspecified atom stereocenters. The molecule has 0 aliphatic heterocycles. The maximum absolute atomic E-state index is 2.44. The first-order valence-electron chi connectivity index (χ1n) is 9.31. The van der Waals surface area contributed by atoms with Crippen LogP contribution in [0.2, 0.25) is 0 Å². The molecule has 0 N–H and O–H groups in total. The number of hydrogen-bond donors (Lipinski definition) is 0. The van der Waals surface area contributed by atoms with Crippen LogP contribution in [-0.2, 0) is 0 Å². The van der Waals surface area contributed by atoms with Crippen LogP contribution in [0.5, 0.6) is 0 Å². The maximum atomic E-state index is 2.44. The third kappa shape index (κ3) is 20.5. The molecular formula is C19H42. The van der Waals surface area contributed by atoms with Crippen LogP contribution in [0.4, 0.5) is 0 Å². The van der Waals surface area contributed by atoms with Crippen LogP contribution in [0, 0.1) is 5.92 Å². The van der Waals surface area contributed by atoms with E-state index in [9.17, 15) is 0 Å². The van der Waals surface area contributed by atoms with Crippen molar-refractivity contribution >= 4 is 0 Å². The normalized spacial score (nSPS) is 18.8. The Morgan fingerprint density at radius 3 is 1.11 bits per heavy atom. The largest absolute Gasteiger partial charge is 0.0683 e. The van der Waals surface area contributed by atoms with Crippen LogP contribution < -0.4 is 0 Å². The monoisotopic (exact) mass is 270 g/mol. The molecule has 1 saturated carbocycles.